The molecule has 0 saturated carbocycles. The number of benzene rings is 3. The van der Waals surface area contributed by atoms with Crippen molar-refractivity contribution in [2.45, 2.75) is 24.4 Å². The molecule has 0 fully saturated rings. The Morgan fingerprint density at radius 2 is 1.89 bits per heavy atom. The number of nitro groups is 1. The normalized spacial score (nSPS) is 15.2. The van der Waals surface area contributed by atoms with Gasteiger partial charge in [-0.15, -0.1) is 11.8 Å². The fourth-order valence-electron chi connectivity index (χ4n) is 3.79. The van der Waals surface area contributed by atoms with Gasteiger partial charge in [0.25, 0.3) is 11.6 Å². The molecule has 8 nitrogen and oxygen atoms in total. The van der Waals surface area contributed by atoms with Gasteiger partial charge in [-0.1, -0.05) is 23.7 Å². The molecule has 10 heteroatoms. The van der Waals surface area contributed by atoms with E-state index in [2.05, 4.69) is 5.32 Å². The second kappa shape index (κ2) is 10.8. The molecule has 2 amide bonds. The molecular formula is C25H22ClN3O5S. The molecule has 0 radical (unpaired) electrons. The van der Waals surface area contributed by atoms with E-state index in [-0.39, 0.29) is 23.9 Å². The molecule has 0 saturated heterocycles. The number of ether oxygens (including phenoxy) is 1. The number of nitrogens with one attached hydrogen (secondary N) is 1. The summed E-state index contributed by atoms with van der Waals surface area (Å²) in [6, 6.07) is 17.1. The van der Waals surface area contributed by atoms with Gasteiger partial charge in [0.05, 0.1) is 17.3 Å². The highest BCUT2D eigenvalue weighted by molar-refractivity contribution is 8.00. The highest BCUT2D eigenvalue weighted by atomic mass is 35.5. The third kappa shape index (κ3) is 5.75. The van der Waals surface area contributed by atoms with Crippen LogP contribution < -0.4 is 10.1 Å². The van der Waals surface area contributed by atoms with Crippen LogP contribution in [0.2, 0.25) is 5.02 Å². The van der Waals surface area contributed by atoms with Gasteiger partial charge in [-0.3, -0.25) is 19.7 Å². The maximum atomic E-state index is 13.6. The van der Waals surface area contributed by atoms with E-state index >= 15 is 0 Å². The summed E-state index contributed by atoms with van der Waals surface area (Å²) in [5.74, 6) is 0.0406. The van der Waals surface area contributed by atoms with Gasteiger partial charge in [0, 0.05) is 39.8 Å². The quantitative estimate of drug-likeness (QED) is 0.334. The number of nitrogens with zero attached hydrogens (tertiary/aromatic N) is 2. The molecule has 0 aromatic heterocycles. The molecule has 1 aliphatic rings. The van der Waals surface area contributed by atoms with Crippen LogP contribution in [0.1, 0.15) is 24.1 Å². The molecular weight excluding hydrogens is 490 g/mol. The number of hydrogen-bond acceptors (Lipinski definition) is 6. The summed E-state index contributed by atoms with van der Waals surface area (Å²) in [6.07, 6.45) is 0. The number of carbonyl (C=O) groups excluding carboxylic acids is 2. The van der Waals surface area contributed by atoms with Gasteiger partial charge in [-0.25, -0.2) is 0 Å². The van der Waals surface area contributed by atoms with Gasteiger partial charge >= 0.3 is 0 Å². The minimum absolute atomic E-state index is 0.102. The van der Waals surface area contributed by atoms with Crippen LogP contribution in [0.25, 0.3) is 0 Å². The molecule has 3 aromatic carbocycles. The molecule has 35 heavy (non-hydrogen) atoms. The number of nitro benzene ring substituents is 1. The lowest BCUT2D eigenvalue weighted by Crippen LogP contribution is -2.40. The van der Waals surface area contributed by atoms with E-state index in [1.54, 1.807) is 54.6 Å². The van der Waals surface area contributed by atoms with E-state index in [1.807, 2.05) is 6.92 Å². The molecule has 1 heterocycles. The van der Waals surface area contributed by atoms with Crippen molar-refractivity contribution in [1.29, 1.82) is 0 Å². The van der Waals surface area contributed by atoms with Crippen LogP contribution in [-0.2, 0) is 16.1 Å². The molecule has 4 rings (SSSR count). The highest BCUT2D eigenvalue weighted by Crippen LogP contribution is 2.38. The number of amides is 2. The SMILES string of the molecule is CCOc1ccc(NC(=O)C2c3cc([N+](=O)[O-])ccc3SCC(=O)N2Cc2ccc(Cl)cc2)cc1. The second-order valence-electron chi connectivity index (χ2n) is 7.77. The Bertz CT molecular complexity index is 1250. The zero-order valence-electron chi connectivity index (χ0n) is 18.8. The zero-order chi connectivity index (χ0) is 24.9. The Labute approximate surface area is 211 Å². The van der Waals surface area contributed by atoms with Crippen LogP contribution in [0, 0.1) is 10.1 Å². The van der Waals surface area contributed by atoms with Gasteiger partial charge in [0.2, 0.25) is 5.91 Å². The Morgan fingerprint density at radius 3 is 2.54 bits per heavy atom. The van der Waals surface area contributed by atoms with Crippen LogP contribution in [0.5, 0.6) is 5.75 Å². The third-order valence-corrected chi connectivity index (χ3v) is 6.76. The Hall–Kier alpha value is -3.56. The zero-order valence-corrected chi connectivity index (χ0v) is 20.3. The maximum Gasteiger partial charge on any atom is 0.269 e. The van der Waals surface area contributed by atoms with E-state index in [1.165, 1.54) is 28.8 Å². The Morgan fingerprint density at radius 1 is 1.17 bits per heavy atom. The fraction of sp³-hybridized carbons (Fsp3) is 0.200. The highest BCUT2D eigenvalue weighted by Gasteiger charge is 2.37. The number of hydrogen-bond donors (Lipinski definition) is 1. The molecule has 1 atom stereocenters. The molecule has 1 unspecified atom stereocenters. The summed E-state index contributed by atoms with van der Waals surface area (Å²) in [5.41, 5.74) is 1.55. The van der Waals surface area contributed by atoms with Crippen molar-refractivity contribution in [2.75, 3.05) is 17.7 Å². The Balaban J connectivity index is 1.73. The van der Waals surface area contributed by atoms with Gasteiger partial charge in [-0.05, 0) is 55.0 Å². The van der Waals surface area contributed by atoms with E-state index < -0.39 is 16.9 Å². The van der Waals surface area contributed by atoms with E-state index in [9.17, 15) is 19.7 Å². The summed E-state index contributed by atoms with van der Waals surface area (Å²) in [4.78, 5) is 39.9. The lowest BCUT2D eigenvalue weighted by Gasteiger charge is -2.30. The third-order valence-electron chi connectivity index (χ3n) is 5.43. The van der Waals surface area contributed by atoms with Crippen molar-refractivity contribution in [3.63, 3.8) is 0 Å². The molecule has 1 N–H and O–H groups in total. The van der Waals surface area contributed by atoms with Crippen LogP contribution in [-0.4, -0.2) is 34.0 Å². The minimum atomic E-state index is -1.07. The summed E-state index contributed by atoms with van der Waals surface area (Å²) in [7, 11) is 0. The first kappa shape index (κ1) is 24.6. The largest absolute Gasteiger partial charge is 0.494 e. The van der Waals surface area contributed by atoms with Crippen molar-refractivity contribution in [2.24, 2.45) is 0 Å². The number of non-ortho nitro benzene ring substituents is 1. The predicted octanol–water partition coefficient (Wildman–Crippen LogP) is 5.46. The molecule has 0 aliphatic carbocycles. The van der Waals surface area contributed by atoms with E-state index in [0.29, 0.717) is 33.5 Å². The average Bonchev–Trinajstić information content (AvgIpc) is 2.98. The monoisotopic (exact) mass is 511 g/mol. The van der Waals surface area contributed by atoms with Gasteiger partial charge in [0.15, 0.2) is 0 Å². The number of rotatable bonds is 7. The van der Waals surface area contributed by atoms with Crippen molar-refractivity contribution >= 4 is 46.6 Å². The number of thioether (sulfide) groups is 1. The summed E-state index contributed by atoms with van der Waals surface area (Å²) in [6.45, 7) is 2.53. The number of halogens is 1. The first-order valence-corrected chi connectivity index (χ1v) is 12.2. The van der Waals surface area contributed by atoms with Crippen LogP contribution >= 0.6 is 23.4 Å². The molecule has 3 aromatic rings. The smallest absolute Gasteiger partial charge is 0.269 e. The topological polar surface area (TPSA) is 102 Å². The lowest BCUT2D eigenvalue weighted by molar-refractivity contribution is -0.385. The van der Waals surface area contributed by atoms with Crippen LogP contribution in [0.15, 0.2) is 71.6 Å². The standard InChI is InChI=1S/C25H22ClN3O5S/c1-2-34-20-10-7-18(8-11-20)27-25(31)24-21-13-19(29(32)33)9-12-22(21)35-15-23(30)28(24)14-16-3-5-17(26)6-4-16/h3-13,24H,2,14-15H2,1H3,(H,27,31). The van der Waals surface area contributed by atoms with E-state index in [0.717, 1.165) is 5.56 Å². The first-order chi connectivity index (χ1) is 16.9. The minimum Gasteiger partial charge on any atom is -0.494 e. The van der Waals surface area contributed by atoms with Gasteiger partial charge < -0.3 is 15.0 Å². The number of carbonyl (C=O) groups is 2. The van der Waals surface area contributed by atoms with Crippen LogP contribution in [0.4, 0.5) is 11.4 Å². The van der Waals surface area contributed by atoms with Gasteiger partial charge in [0.1, 0.15) is 11.8 Å². The van der Waals surface area contributed by atoms with Crippen molar-refractivity contribution in [1.82, 2.24) is 4.90 Å². The fourth-order valence-corrected chi connectivity index (χ4v) is 4.86. The number of fused-ring (bicyclic) bond motifs is 1. The first-order valence-electron chi connectivity index (χ1n) is 10.8. The molecule has 0 bridgehead atoms. The lowest BCUT2D eigenvalue weighted by atomic mass is 10.0. The molecule has 1 aliphatic heterocycles. The molecule has 180 valence electrons. The number of anilines is 1. The van der Waals surface area contributed by atoms with Crippen molar-refractivity contribution < 1.29 is 19.2 Å². The Kier molecular flexibility index (Phi) is 7.57. The maximum absolute atomic E-state index is 13.6. The summed E-state index contributed by atoms with van der Waals surface area (Å²) >= 11 is 7.26. The van der Waals surface area contributed by atoms with Crippen molar-refractivity contribution in [3.05, 3.63) is 93.0 Å². The summed E-state index contributed by atoms with van der Waals surface area (Å²) in [5, 5.41) is 14.9. The van der Waals surface area contributed by atoms with E-state index in [4.69, 9.17) is 16.3 Å². The molecule has 0 spiro atoms. The van der Waals surface area contributed by atoms with Gasteiger partial charge in [-0.2, -0.15) is 0 Å². The predicted molar refractivity (Wildman–Crippen MR) is 135 cm³/mol. The van der Waals surface area contributed by atoms with Crippen LogP contribution in [0.3, 0.4) is 0 Å². The van der Waals surface area contributed by atoms with Crippen molar-refractivity contribution in [3.8, 4) is 5.75 Å². The average molecular weight is 512 g/mol. The second-order valence-corrected chi connectivity index (χ2v) is 9.22. The summed E-state index contributed by atoms with van der Waals surface area (Å²) < 4.78 is 5.45.